The molecule has 0 radical (unpaired) electrons. The molecule has 6 nitrogen and oxygen atoms in total. The van der Waals surface area contributed by atoms with Crippen LogP contribution in [0.25, 0.3) is 0 Å². The number of carbonyl (C=O) groups is 3. The lowest BCUT2D eigenvalue weighted by Crippen LogP contribution is -2.30. The topological polar surface area (TPSA) is 78.9 Å². The molecule has 0 saturated heterocycles. The number of rotatable bonds is 42. The van der Waals surface area contributed by atoms with Gasteiger partial charge in [-0.15, -0.1) is 0 Å². The molecule has 0 aliphatic heterocycles. The maximum atomic E-state index is 12.7. The number of unbranched alkanes of at least 4 members (excludes halogenated alkanes) is 20. The Balaban J connectivity index is 4.52. The van der Waals surface area contributed by atoms with E-state index in [0.717, 1.165) is 89.9 Å². The first-order valence-electron chi connectivity index (χ1n) is 24.1. The van der Waals surface area contributed by atoms with Gasteiger partial charge in [-0.1, -0.05) is 196 Å². The fraction of sp³-hybridized carbons (Fsp3) is 0.679. The van der Waals surface area contributed by atoms with E-state index in [4.69, 9.17) is 14.2 Å². The van der Waals surface area contributed by atoms with Crippen LogP contribution in [0.15, 0.2) is 85.1 Å². The Labute approximate surface area is 363 Å². The summed E-state index contributed by atoms with van der Waals surface area (Å²) in [6, 6.07) is 0. The minimum atomic E-state index is -0.821. The fourth-order valence-corrected chi connectivity index (χ4v) is 6.32. The molecular formula is C53H88O6. The highest BCUT2D eigenvalue weighted by Crippen LogP contribution is 2.12. The number of carbonyl (C=O) groups excluding carboxylic acids is 3. The molecule has 1 atom stereocenters. The van der Waals surface area contributed by atoms with Crippen LogP contribution in [0.4, 0.5) is 0 Å². The maximum absolute atomic E-state index is 12.7. The van der Waals surface area contributed by atoms with Crippen molar-refractivity contribution in [3.05, 3.63) is 85.1 Å². The van der Waals surface area contributed by atoms with Gasteiger partial charge >= 0.3 is 17.9 Å². The van der Waals surface area contributed by atoms with Crippen molar-refractivity contribution in [1.82, 2.24) is 0 Å². The third kappa shape index (κ3) is 45.5. The summed E-state index contributed by atoms with van der Waals surface area (Å²) in [6.07, 6.45) is 60.0. The van der Waals surface area contributed by atoms with Crippen molar-refractivity contribution in [2.75, 3.05) is 13.2 Å². The van der Waals surface area contributed by atoms with Crippen LogP contribution in [0.2, 0.25) is 0 Å². The molecule has 0 aromatic heterocycles. The van der Waals surface area contributed by atoms with Crippen molar-refractivity contribution in [1.29, 1.82) is 0 Å². The predicted molar refractivity (Wildman–Crippen MR) is 251 cm³/mol. The summed E-state index contributed by atoms with van der Waals surface area (Å²) in [5.41, 5.74) is 0. The van der Waals surface area contributed by atoms with Gasteiger partial charge in [0.15, 0.2) is 6.10 Å². The Bertz CT molecular complexity index is 1170. The van der Waals surface area contributed by atoms with E-state index in [1.54, 1.807) is 0 Å². The van der Waals surface area contributed by atoms with Crippen molar-refractivity contribution in [3.63, 3.8) is 0 Å². The minimum absolute atomic E-state index is 0.116. The Kier molecular flexibility index (Phi) is 44.5. The first kappa shape index (κ1) is 55.6. The molecule has 0 rings (SSSR count). The fourth-order valence-electron chi connectivity index (χ4n) is 6.32. The average Bonchev–Trinajstić information content (AvgIpc) is 3.23. The lowest BCUT2D eigenvalue weighted by Gasteiger charge is -2.18. The lowest BCUT2D eigenvalue weighted by molar-refractivity contribution is -0.166. The van der Waals surface area contributed by atoms with Gasteiger partial charge in [-0.05, 0) is 83.5 Å². The van der Waals surface area contributed by atoms with Crippen molar-refractivity contribution in [2.45, 2.75) is 219 Å². The summed E-state index contributed by atoms with van der Waals surface area (Å²) < 4.78 is 16.6. The summed E-state index contributed by atoms with van der Waals surface area (Å²) in [7, 11) is 0. The van der Waals surface area contributed by atoms with Crippen LogP contribution in [0, 0.1) is 0 Å². The van der Waals surface area contributed by atoms with Crippen molar-refractivity contribution in [2.24, 2.45) is 0 Å². The molecule has 0 amide bonds. The highest BCUT2D eigenvalue weighted by Gasteiger charge is 2.19. The van der Waals surface area contributed by atoms with Gasteiger partial charge in [0, 0.05) is 19.3 Å². The van der Waals surface area contributed by atoms with E-state index < -0.39 is 12.1 Å². The Morgan fingerprint density at radius 2 is 0.763 bits per heavy atom. The Morgan fingerprint density at radius 3 is 1.27 bits per heavy atom. The first-order chi connectivity index (χ1) is 29.0. The molecule has 59 heavy (non-hydrogen) atoms. The quantitative estimate of drug-likeness (QED) is 0.0201. The Hall–Kier alpha value is -3.41. The molecule has 0 N–H and O–H groups in total. The Morgan fingerprint density at radius 1 is 0.373 bits per heavy atom. The van der Waals surface area contributed by atoms with Crippen LogP contribution in [0.5, 0.6) is 0 Å². The molecular weight excluding hydrogens is 733 g/mol. The van der Waals surface area contributed by atoms with Crippen LogP contribution in [-0.2, 0) is 28.6 Å². The van der Waals surface area contributed by atoms with E-state index in [0.29, 0.717) is 19.3 Å². The number of hydrogen-bond acceptors (Lipinski definition) is 6. The van der Waals surface area contributed by atoms with Gasteiger partial charge in [-0.25, -0.2) is 0 Å². The van der Waals surface area contributed by atoms with Crippen molar-refractivity contribution >= 4 is 17.9 Å². The van der Waals surface area contributed by atoms with E-state index in [-0.39, 0.29) is 31.6 Å². The summed E-state index contributed by atoms with van der Waals surface area (Å²) >= 11 is 0. The van der Waals surface area contributed by atoms with Crippen LogP contribution in [-0.4, -0.2) is 37.2 Å². The zero-order chi connectivity index (χ0) is 43.0. The largest absolute Gasteiger partial charge is 0.462 e. The molecule has 1 unspecified atom stereocenters. The molecule has 0 aliphatic rings. The maximum Gasteiger partial charge on any atom is 0.306 e. The van der Waals surface area contributed by atoms with E-state index in [2.05, 4.69) is 75.5 Å². The number of hydrogen-bond donors (Lipinski definition) is 0. The summed E-state index contributed by atoms with van der Waals surface area (Å²) in [5, 5.41) is 0. The van der Waals surface area contributed by atoms with Crippen LogP contribution >= 0.6 is 0 Å². The van der Waals surface area contributed by atoms with Crippen LogP contribution in [0.1, 0.15) is 213 Å². The predicted octanol–water partition coefficient (Wildman–Crippen LogP) is 15.6. The van der Waals surface area contributed by atoms with Crippen molar-refractivity contribution in [3.8, 4) is 0 Å². The second kappa shape index (κ2) is 47.3. The molecule has 0 bridgehead atoms. The molecule has 0 saturated carbocycles. The van der Waals surface area contributed by atoms with Gasteiger partial charge in [-0.3, -0.25) is 14.4 Å². The smallest absolute Gasteiger partial charge is 0.306 e. The van der Waals surface area contributed by atoms with Crippen LogP contribution < -0.4 is 0 Å². The van der Waals surface area contributed by atoms with E-state index in [1.807, 2.05) is 30.4 Å². The molecule has 336 valence electrons. The van der Waals surface area contributed by atoms with Crippen LogP contribution in [0.3, 0.4) is 0 Å². The molecule has 0 aromatic carbocycles. The summed E-state index contributed by atoms with van der Waals surface area (Å²) in [5.74, 6) is -1.03. The van der Waals surface area contributed by atoms with Crippen molar-refractivity contribution < 1.29 is 28.6 Å². The zero-order valence-corrected chi connectivity index (χ0v) is 38.2. The minimum Gasteiger partial charge on any atom is -0.462 e. The second-order valence-corrected chi connectivity index (χ2v) is 15.7. The molecule has 0 aliphatic carbocycles. The lowest BCUT2D eigenvalue weighted by atomic mass is 10.1. The SMILES string of the molecule is CC\C=C/C=C\C=C/C=C\CCCCCCCC(=O)OCC(COC(=O)CCCCC/C=C\CCCCCCCC)OC(=O)CC/C=C\C/C=C\CCCCCCCC. The molecule has 6 heteroatoms. The van der Waals surface area contributed by atoms with E-state index in [1.165, 1.54) is 77.0 Å². The number of esters is 3. The number of ether oxygens (including phenoxy) is 3. The number of allylic oxidation sites excluding steroid dienone is 14. The standard InChI is InChI=1S/C53H88O6/c1-4-7-10-13-16-19-22-25-26-29-31-34-37-40-43-46-52(55)58-49-50(59-53(56)47-44-41-38-35-32-28-24-21-18-15-12-9-6-3)48-57-51(54)45-42-39-36-33-30-27-23-20-17-14-11-8-5-2/h7,10,13,16,19,22,25-28,30,32,38,41,50H,4-6,8-9,11-12,14-15,17-18,20-21,23-24,29,31,33-37,39-40,42-49H2,1-3H3/b10-7-,16-13-,22-19-,26-25-,30-27-,32-28-,41-38-. The van der Waals surface area contributed by atoms with E-state index in [9.17, 15) is 14.4 Å². The van der Waals surface area contributed by atoms with E-state index >= 15 is 0 Å². The normalized spacial score (nSPS) is 12.8. The summed E-state index contributed by atoms with van der Waals surface area (Å²) in [6.45, 7) is 6.38. The first-order valence-corrected chi connectivity index (χ1v) is 24.1. The molecule has 0 aromatic rings. The third-order valence-corrected chi connectivity index (χ3v) is 9.96. The van der Waals surface area contributed by atoms with Gasteiger partial charge in [0.1, 0.15) is 13.2 Å². The monoisotopic (exact) mass is 821 g/mol. The van der Waals surface area contributed by atoms with Gasteiger partial charge < -0.3 is 14.2 Å². The summed E-state index contributed by atoms with van der Waals surface area (Å²) in [4.78, 5) is 37.8. The van der Waals surface area contributed by atoms with Gasteiger partial charge in [0.05, 0.1) is 0 Å². The van der Waals surface area contributed by atoms with Gasteiger partial charge in [0.25, 0.3) is 0 Å². The molecule has 0 heterocycles. The third-order valence-electron chi connectivity index (χ3n) is 9.96. The molecule has 0 spiro atoms. The second-order valence-electron chi connectivity index (χ2n) is 15.7. The zero-order valence-electron chi connectivity index (χ0n) is 38.2. The highest BCUT2D eigenvalue weighted by molar-refractivity contribution is 5.71. The average molecular weight is 821 g/mol. The highest BCUT2D eigenvalue weighted by atomic mass is 16.6. The van der Waals surface area contributed by atoms with Gasteiger partial charge in [-0.2, -0.15) is 0 Å². The molecule has 0 fully saturated rings. The van der Waals surface area contributed by atoms with Gasteiger partial charge in [0.2, 0.25) is 0 Å².